The van der Waals surface area contributed by atoms with E-state index in [-0.39, 0.29) is 18.4 Å². The lowest BCUT2D eigenvalue weighted by molar-refractivity contribution is -0.139. The number of rotatable bonds is 17. The van der Waals surface area contributed by atoms with Crippen molar-refractivity contribution >= 4 is 11.8 Å². The number of ketones is 1. The Morgan fingerprint density at radius 3 is 1.81 bits per heavy atom. The highest BCUT2D eigenvalue weighted by atomic mass is 16.5. The molecule has 0 aromatic rings. The van der Waals surface area contributed by atoms with Crippen LogP contribution in [0.1, 0.15) is 90.9 Å². The number of carbonyl (C=O) groups excluding carboxylic acids is 2. The second kappa shape index (κ2) is 19.7. The topological polar surface area (TPSA) is 43.4 Å². The van der Waals surface area contributed by atoms with Gasteiger partial charge in [-0.1, -0.05) is 63.7 Å². The molecular weight excluding hydrogens is 324 g/mol. The Balaban J connectivity index is 3.40. The molecule has 0 atom stereocenters. The molecule has 0 saturated carbocycles. The summed E-state index contributed by atoms with van der Waals surface area (Å²) >= 11 is 0. The molecule has 0 fully saturated rings. The first-order valence-electron chi connectivity index (χ1n) is 10.3. The minimum Gasteiger partial charge on any atom is -0.462 e. The minimum absolute atomic E-state index is 0.0604. The lowest BCUT2D eigenvalue weighted by Crippen LogP contribution is -1.98. The van der Waals surface area contributed by atoms with Crippen LogP contribution in [-0.4, -0.2) is 18.4 Å². The van der Waals surface area contributed by atoms with Gasteiger partial charge in [0, 0.05) is 6.92 Å². The fourth-order valence-electron chi connectivity index (χ4n) is 2.56. The van der Waals surface area contributed by atoms with E-state index in [4.69, 9.17) is 4.74 Å². The molecule has 3 nitrogen and oxygen atoms in total. The van der Waals surface area contributed by atoms with Crippen LogP contribution in [0.15, 0.2) is 36.5 Å². The smallest absolute Gasteiger partial charge is 0.302 e. The summed E-state index contributed by atoms with van der Waals surface area (Å²) in [5.41, 5.74) is 0. The van der Waals surface area contributed by atoms with Crippen LogP contribution >= 0.6 is 0 Å². The maximum atomic E-state index is 11.5. The van der Waals surface area contributed by atoms with E-state index in [1.54, 1.807) is 12.2 Å². The Bertz CT molecular complexity index is 433. The molecule has 0 aromatic heterocycles. The van der Waals surface area contributed by atoms with Crippen LogP contribution in [0.5, 0.6) is 0 Å². The molecule has 0 bridgehead atoms. The molecule has 3 heteroatoms. The van der Waals surface area contributed by atoms with Crippen molar-refractivity contribution in [3.8, 4) is 0 Å². The number of unbranched alkanes of at least 4 members (excludes halogenated alkanes) is 10. The normalized spacial score (nSPS) is 11.8. The van der Waals surface area contributed by atoms with E-state index in [0.29, 0.717) is 0 Å². The van der Waals surface area contributed by atoms with Crippen molar-refractivity contribution in [3.63, 3.8) is 0 Å². The van der Waals surface area contributed by atoms with Gasteiger partial charge in [-0.05, 0) is 56.8 Å². The monoisotopic (exact) mass is 362 g/mol. The van der Waals surface area contributed by atoms with E-state index in [1.165, 1.54) is 70.8 Å². The van der Waals surface area contributed by atoms with Gasteiger partial charge in [0.2, 0.25) is 0 Å². The second-order valence-electron chi connectivity index (χ2n) is 6.68. The van der Waals surface area contributed by atoms with E-state index in [2.05, 4.69) is 19.1 Å². The summed E-state index contributed by atoms with van der Waals surface area (Å²) < 4.78 is 4.72. The van der Waals surface area contributed by atoms with Gasteiger partial charge in [-0.2, -0.15) is 0 Å². The first-order chi connectivity index (χ1) is 12.7. The van der Waals surface area contributed by atoms with Crippen molar-refractivity contribution in [3.05, 3.63) is 36.5 Å². The van der Waals surface area contributed by atoms with Gasteiger partial charge in [-0.25, -0.2) is 0 Å². The molecule has 0 aliphatic rings. The van der Waals surface area contributed by atoms with Gasteiger partial charge in [0.1, 0.15) is 6.61 Å². The third kappa shape index (κ3) is 20.4. The molecule has 0 aromatic carbocycles. The van der Waals surface area contributed by atoms with Gasteiger partial charge in [0.25, 0.3) is 0 Å². The van der Waals surface area contributed by atoms with E-state index in [1.807, 2.05) is 6.08 Å². The van der Waals surface area contributed by atoms with Gasteiger partial charge >= 0.3 is 5.97 Å². The largest absolute Gasteiger partial charge is 0.462 e. The highest BCUT2D eigenvalue weighted by Gasteiger charge is 1.92. The molecule has 0 rings (SSSR count). The van der Waals surface area contributed by atoms with Crippen LogP contribution in [0.25, 0.3) is 0 Å². The maximum Gasteiger partial charge on any atom is 0.302 e. The van der Waals surface area contributed by atoms with Crippen LogP contribution in [0.2, 0.25) is 0 Å². The van der Waals surface area contributed by atoms with Crippen molar-refractivity contribution in [2.75, 3.05) is 6.61 Å². The Kier molecular flexibility index (Phi) is 18.4. The standard InChI is InChI=1S/C23H38O3/c1-3-4-5-6-7-8-9-10-11-12-13-14-15-16-17-19-23(25)20-18-21-26-22(2)24/h10-11,17-20H,3-9,12-16,21H2,1-2H3/b11-10-,19-17+,20-18+. The number of esters is 1. The Morgan fingerprint density at radius 1 is 0.692 bits per heavy atom. The van der Waals surface area contributed by atoms with Gasteiger partial charge in [0.05, 0.1) is 0 Å². The first-order valence-corrected chi connectivity index (χ1v) is 10.3. The molecule has 0 N–H and O–H groups in total. The molecule has 0 heterocycles. The van der Waals surface area contributed by atoms with Crippen molar-refractivity contribution < 1.29 is 14.3 Å². The van der Waals surface area contributed by atoms with Crippen molar-refractivity contribution in [1.29, 1.82) is 0 Å². The lowest BCUT2D eigenvalue weighted by Gasteiger charge is -1.98. The van der Waals surface area contributed by atoms with Crippen LogP contribution < -0.4 is 0 Å². The molecular formula is C23H38O3. The summed E-state index contributed by atoms with van der Waals surface area (Å²) in [4.78, 5) is 22.1. The van der Waals surface area contributed by atoms with Crippen LogP contribution in [0, 0.1) is 0 Å². The Morgan fingerprint density at radius 2 is 1.19 bits per heavy atom. The molecule has 0 spiro atoms. The van der Waals surface area contributed by atoms with Gasteiger partial charge < -0.3 is 4.74 Å². The lowest BCUT2D eigenvalue weighted by atomic mass is 10.1. The predicted octanol–water partition coefficient (Wildman–Crippen LogP) is 6.49. The third-order valence-electron chi connectivity index (χ3n) is 4.08. The fourth-order valence-corrected chi connectivity index (χ4v) is 2.56. The zero-order valence-corrected chi connectivity index (χ0v) is 16.9. The zero-order valence-electron chi connectivity index (χ0n) is 16.9. The number of allylic oxidation sites excluding steroid dienone is 5. The van der Waals surface area contributed by atoms with Gasteiger partial charge in [-0.3, -0.25) is 9.59 Å². The summed E-state index contributed by atoms with van der Waals surface area (Å²) in [5.74, 6) is -0.398. The summed E-state index contributed by atoms with van der Waals surface area (Å²) in [6, 6.07) is 0. The highest BCUT2D eigenvalue weighted by molar-refractivity contribution is 5.99. The van der Waals surface area contributed by atoms with Crippen LogP contribution in [0.3, 0.4) is 0 Å². The average Bonchev–Trinajstić information content (AvgIpc) is 2.62. The molecule has 148 valence electrons. The van der Waals surface area contributed by atoms with Crippen molar-refractivity contribution in [2.45, 2.75) is 90.9 Å². The van der Waals surface area contributed by atoms with Crippen LogP contribution in [0.4, 0.5) is 0 Å². The van der Waals surface area contributed by atoms with Gasteiger partial charge in [0.15, 0.2) is 5.78 Å². The molecule has 0 saturated heterocycles. The molecule has 0 radical (unpaired) electrons. The maximum absolute atomic E-state index is 11.5. The molecule has 0 aliphatic carbocycles. The number of carbonyl (C=O) groups is 2. The summed E-state index contributed by atoms with van der Waals surface area (Å²) in [6.07, 6.45) is 26.2. The quantitative estimate of drug-likeness (QED) is 0.129. The van der Waals surface area contributed by atoms with Crippen LogP contribution in [-0.2, 0) is 14.3 Å². The Labute approximate surface area is 160 Å². The SMILES string of the molecule is CCCCCCCC/C=C\CCCCC/C=C/C(=O)/C=C/COC(C)=O. The first kappa shape index (κ1) is 24.4. The summed E-state index contributed by atoms with van der Waals surface area (Å²) in [7, 11) is 0. The third-order valence-corrected chi connectivity index (χ3v) is 4.08. The highest BCUT2D eigenvalue weighted by Crippen LogP contribution is 2.08. The zero-order chi connectivity index (χ0) is 19.3. The minimum atomic E-state index is -0.338. The number of hydrogen-bond donors (Lipinski definition) is 0. The number of hydrogen-bond acceptors (Lipinski definition) is 3. The number of ether oxygens (including phenoxy) is 1. The average molecular weight is 363 g/mol. The van der Waals surface area contributed by atoms with E-state index in [9.17, 15) is 9.59 Å². The molecule has 0 amide bonds. The second-order valence-corrected chi connectivity index (χ2v) is 6.68. The van der Waals surface area contributed by atoms with Crippen molar-refractivity contribution in [1.82, 2.24) is 0 Å². The molecule has 0 aliphatic heterocycles. The predicted molar refractivity (Wildman–Crippen MR) is 110 cm³/mol. The summed E-state index contributed by atoms with van der Waals surface area (Å²) in [5, 5.41) is 0. The summed E-state index contributed by atoms with van der Waals surface area (Å²) in [6.45, 7) is 3.76. The van der Waals surface area contributed by atoms with E-state index < -0.39 is 0 Å². The van der Waals surface area contributed by atoms with Crippen molar-refractivity contribution in [2.24, 2.45) is 0 Å². The molecule has 26 heavy (non-hydrogen) atoms. The van der Waals surface area contributed by atoms with Gasteiger partial charge in [-0.15, -0.1) is 0 Å². The fraction of sp³-hybridized carbons (Fsp3) is 0.652. The van der Waals surface area contributed by atoms with E-state index in [0.717, 1.165) is 19.3 Å². The molecule has 0 unspecified atom stereocenters. The Hall–Kier alpha value is -1.64. The van der Waals surface area contributed by atoms with E-state index >= 15 is 0 Å².